The summed E-state index contributed by atoms with van der Waals surface area (Å²) in [6, 6.07) is 23.4. The number of ether oxygens (including phenoxy) is 1. The lowest BCUT2D eigenvalue weighted by Gasteiger charge is -2.26. The molecular weight excluding hydrogens is 424 g/mol. The van der Waals surface area contributed by atoms with E-state index >= 15 is 0 Å². The zero-order chi connectivity index (χ0) is 23.9. The molecule has 0 atom stereocenters. The van der Waals surface area contributed by atoms with E-state index < -0.39 is 0 Å². The van der Waals surface area contributed by atoms with Gasteiger partial charge < -0.3 is 15.0 Å². The fraction of sp³-hybridized carbons (Fsp3) is 0.310. The number of aryl methyl sites for hydroxylation is 1. The molecule has 34 heavy (non-hydrogen) atoms. The van der Waals surface area contributed by atoms with E-state index in [9.17, 15) is 9.59 Å². The van der Waals surface area contributed by atoms with Crippen molar-refractivity contribution in [3.05, 3.63) is 89.5 Å². The fourth-order valence-electron chi connectivity index (χ4n) is 4.54. The summed E-state index contributed by atoms with van der Waals surface area (Å²) in [5.41, 5.74) is 4.81. The van der Waals surface area contributed by atoms with Crippen LogP contribution in [0.1, 0.15) is 42.4 Å². The maximum Gasteiger partial charge on any atom is 0.230 e. The van der Waals surface area contributed by atoms with Gasteiger partial charge in [-0.1, -0.05) is 54.8 Å². The van der Waals surface area contributed by atoms with Gasteiger partial charge in [-0.15, -0.1) is 0 Å². The molecule has 5 nitrogen and oxygen atoms in total. The number of carbonyl (C=O) groups excluding carboxylic acids is 2. The Morgan fingerprint density at radius 1 is 0.941 bits per heavy atom. The first-order chi connectivity index (χ1) is 16.5. The number of benzene rings is 3. The molecule has 2 amide bonds. The summed E-state index contributed by atoms with van der Waals surface area (Å²) in [6.07, 6.45) is 4.44. The van der Waals surface area contributed by atoms with Gasteiger partial charge in [0.05, 0.1) is 20.1 Å². The molecule has 1 fully saturated rings. The molecule has 1 N–H and O–H groups in total. The zero-order valence-electron chi connectivity index (χ0n) is 19.9. The minimum absolute atomic E-state index is 0.0865. The number of hydrogen-bond acceptors (Lipinski definition) is 3. The molecule has 0 bridgehead atoms. The maximum atomic E-state index is 13.4. The highest BCUT2D eigenvalue weighted by molar-refractivity contribution is 5.95. The number of amides is 2. The lowest BCUT2D eigenvalue weighted by molar-refractivity contribution is -0.122. The van der Waals surface area contributed by atoms with Gasteiger partial charge in [-0.3, -0.25) is 9.59 Å². The quantitative estimate of drug-likeness (QED) is 0.459. The highest BCUT2D eigenvalue weighted by Crippen LogP contribution is 2.30. The molecule has 5 heteroatoms. The second-order valence-electron chi connectivity index (χ2n) is 9.01. The zero-order valence-corrected chi connectivity index (χ0v) is 19.9. The van der Waals surface area contributed by atoms with Gasteiger partial charge in [0.15, 0.2) is 0 Å². The average Bonchev–Trinajstić information content (AvgIpc) is 3.38. The monoisotopic (exact) mass is 456 g/mol. The Hall–Kier alpha value is -3.60. The van der Waals surface area contributed by atoms with Crippen molar-refractivity contribution in [3.8, 4) is 5.75 Å². The van der Waals surface area contributed by atoms with Crippen molar-refractivity contribution >= 4 is 23.2 Å². The van der Waals surface area contributed by atoms with Gasteiger partial charge in [0, 0.05) is 17.3 Å². The van der Waals surface area contributed by atoms with Gasteiger partial charge in [-0.2, -0.15) is 0 Å². The van der Waals surface area contributed by atoms with E-state index in [4.69, 9.17) is 4.74 Å². The molecule has 1 aliphatic rings. The summed E-state index contributed by atoms with van der Waals surface area (Å²) in [5.74, 6) is 0.955. The molecule has 3 aromatic rings. The molecule has 1 saturated carbocycles. The van der Waals surface area contributed by atoms with Gasteiger partial charge in [-0.05, 0) is 67.3 Å². The topological polar surface area (TPSA) is 58.6 Å². The normalized spacial score (nSPS) is 13.5. The Morgan fingerprint density at radius 2 is 1.65 bits per heavy atom. The van der Waals surface area contributed by atoms with Crippen molar-refractivity contribution in [3.63, 3.8) is 0 Å². The smallest absolute Gasteiger partial charge is 0.230 e. The predicted molar refractivity (Wildman–Crippen MR) is 136 cm³/mol. The molecule has 0 aromatic heterocycles. The SMILES string of the molecule is COc1ccc(NC(=O)Cc2ccc(N(Cc3cccc(C)c3)C(=O)C3CCCC3)cc2)cc1. The minimum Gasteiger partial charge on any atom is -0.497 e. The van der Waals surface area contributed by atoms with E-state index in [0.717, 1.165) is 53.9 Å². The van der Waals surface area contributed by atoms with Crippen LogP contribution in [0.25, 0.3) is 0 Å². The van der Waals surface area contributed by atoms with Crippen LogP contribution in [0.3, 0.4) is 0 Å². The van der Waals surface area contributed by atoms with Crippen LogP contribution in [0.2, 0.25) is 0 Å². The van der Waals surface area contributed by atoms with E-state index in [1.165, 1.54) is 5.56 Å². The molecule has 3 aromatic carbocycles. The van der Waals surface area contributed by atoms with Crippen LogP contribution in [-0.4, -0.2) is 18.9 Å². The van der Waals surface area contributed by atoms with Crippen LogP contribution >= 0.6 is 0 Å². The molecule has 4 rings (SSSR count). The van der Waals surface area contributed by atoms with E-state index in [1.54, 1.807) is 7.11 Å². The van der Waals surface area contributed by atoms with Gasteiger partial charge in [0.25, 0.3) is 0 Å². The summed E-state index contributed by atoms with van der Waals surface area (Å²) in [6.45, 7) is 2.62. The molecule has 0 heterocycles. The third-order valence-electron chi connectivity index (χ3n) is 6.38. The first kappa shape index (κ1) is 23.6. The highest BCUT2D eigenvalue weighted by atomic mass is 16.5. The average molecular weight is 457 g/mol. The predicted octanol–water partition coefficient (Wildman–Crippen LogP) is 5.91. The molecule has 176 valence electrons. The van der Waals surface area contributed by atoms with Gasteiger partial charge >= 0.3 is 0 Å². The van der Waals surface area contributed by atoms with E-state index in [0.29, 0.717) is 6.54 Å². The van der Waals surface area contributed by atoms with Gasteiger partial charge in [-0.25, -0.2) is 0 Å². The third-order valence-corrected chi connectivity index (χ3v) is 6.38. The van der Waals surface area contributed by atoms with Gasteiger partial charge in [0.2, 0.25) is 11.8 Å². The molecule has 0 radical (unpaired) electrons. The summed E-state index contributed by atoms with van der Waals surface area (Å²) in [7, 11) is 1.61. The first-order valence-electron chi connectivity index (χ1n) is 11.9. The molecule has 0 spiro atoms. The molecule has 0 aliphatic heterocycles. The van der Waals surface area contributed by atoms with Crippen LogP contribution in [-0.2, 0) is 22.6 Å². The number of nitrogens with zero attached hydrogens (tertiary/aromatic N) is 1. The number of nitrogens with one attached hydrogen (secondary N) is 1. The van der Waals surface area contributed by atoms with Crippen molar-refractivity contribution in [2.24, 2.45) is 5.92 Å². The van der Waals surface area contributed by atoms with Crippen molar-refractivity contribution in [1.82, 2.24) is 0 Å². The van der Waals surface area contributed by atoms with Gasteiger partial charge in [0.1, 0.15) is 5.75 Å². The minimum atomic E-state index is -0.0865. The van der Waals surface area contributed by atoms with Crippen LogP contribution in [0, 0.1) is 12.8 Å². The summed E-state index contributed by atoms with van der Waals surface area (Å²) in [5, 5.41) is 2.91. The summed E-state index contributed by atoms with van der Waals surface area (Å²) < 4.78 is 5.15. The molecule has 0 unspecified atom stereocenters. The van der Waals surface area contributed by atoms with Crippen molar-refractivity contribution in [1.29, 1.82) is 0 Å². The molecular formula is C29H32N2O3. The lowest BCUT2D eigenvalue weighted by atomic mass is 10.0. The van der Waals surface area contributed by atoms with E-state index in [2.05, 4.69) is 30.4 Å². The molecule has 1 aliphatic carbocycles. The largest absolute Gasteiger partial charge is 0.497 e. The summed E-state index contributed by atoms with van der Waals surface area (Å²) >= 11 is 0. The fourth-order valence-corrected chi connectivity index (χ4v) is 4.54. The first-order valence-corrected chi connectivity index (χ1v) is 11.9. The van der Waals surface area contributed by atoms with Crippen LogP contribution in [0.5, 0.6) is 5.75 Å². The van der Waals surface area contributed by atoms with Crippen LogP contribution in [0.15, 0.2) is 72.8 Å². The Labute approximate surface area is 201 Å². The maximum absolute atomic E-state index is 13.4. The number of hydrogen-bond donors (Lipinski definition) is 1. The second kappa shape index (κ2) is 11.0. The third kappa shape index (κ3) is 6.04. The van der Waals surface area contributed by atoms with E-state index in [1.807, 2.05) is 59.5 Å². The summed E-state index contributed by atoms with van der Waals surface area (Å²) in [4.78, 5) is 27.8. The van der Waals surface area contributed by atoms with Crippen LogP contribution in [0.4, 0.5) is 11.4 Å². The Balaban J connectivity index is 1.46. The Bertz CT molecular complexity index is 1120. The van der Waals surface area contributed by atoms with Crippen molar-refractivity contribution in [2.75, 3.05) is 17.3 Å². The number of carbonyl (C=O) groups is 2. The molecule has 0 saturated heterocycles. The van der Waals surface area contributed by atoms with Crippen molar-refractivity contribution < 1.29 is 14.3 Å². The number of methoxy groups -OCH3 is 1. The standard InChI is InChI=1S/C29H32N2O3/c1-21-6-5-7-23(18-21)20-31(29(33)24-8-3-4-9-24)26-14-10-22(11-15-26)19-28(32)30-25-12-16-27(34-2)17-13-25/h5-7,10-18,24H,3-4,8-9,19-20H2,1-2H3,(H,30,32). The lowest BCUT2D eigenvalue weighted by Crippen LogP contribution is -2.35. The van der Waals surface area contributed by atoms with Crippen LogP contribution < -0.4 is 15.0 Å². The Morgan fingerprint density at radius 3 is 2.29 bits per heavy atom. The van der Waals surface area contributed by atoms with E-state index in [-0.39, 0.29) is 24.2 Å². The number of anilines is 2. The van der Waals surface area contributed by atoms with Crippen molar-refractivity contribution in [2.45, 2.75) is 45.6 Å². The second-order valence-corrected chi connectivity index (χ2v) is 9.01. The highest BCUT2D eigenvalue weighted by Gasteiger charge is 2.28. The number of rotatable bonds is 8. The Kier molecular flexibility index (Phi) is 7.63.